The van der Waals surface area contributed by atoms with Crippen molar-refractivity contribution in [1.29, 1.82) is 0 Å². The van der Waals surface area contributed by atoms with E-state index in [1.54, 1.807) is 6.92 Å². The predicted molar refractivity (Wildman–Crippen MR) is 103 cm³/mol. The van der Waals surface area contributed by atoms with Gasteiger partial charge in [-0.15, -0.1) is 12.4 Å². The molecule has 0 heterocycles. The molecule has 0 bridgehead atoms. The van der Waals surface area contributed by atoms with Crippen LogP contribution >= 0.6 is 28.3 Å². The number of hydrogen-bond acceptors (Lipinski definition) is 3. The van der Waals surface area contributed by atoms with Crippen LogP contribution in [0.5, 0.6) is 0 Å². The van der Waals surface area contributed by atoms with Crippen LogP contribution in [0.3, 0.4) is 0 Å². The van der Waals surface area contributed by atoms with E-state index in [9.17, 15) is 4.79 Å². The van der Waals surface area contributed by atoms with Gasteiger partial charge < -0.3 is 15.8 Å². The maximum atomic E-state index is 12.4. The van der Waals surface area contributed by atoms with E-state index < -0.39 is 5.54 Å². The highest BCUT2D eigenvalue weighted by molar-refractivity contribution is 9.10. The predicted octanol–water partition coefficient (Wildman–Crippen LogP) is 3.76. The molecule has 1 amide bonds. The Morgan fingerprint density at radius 3 is 2.58 bits per heavy atom. The Morgan fingerprint density at radius 1 is 1.33 bits per heavy atom. The molecule has 6 heteroatoms. The van der Waals surface area contributed by atoms with Crippen molar-refractivity contribution >= 4 is 34.2 Å². The van der Waals surface area contributed by atoms with Crippen LogP contribution in [0.25, 0.3) is 0 Å². The van der Waals surface area contributed by atoms with Gasteiger partial charge in [0.1, 0.15) is 5.54 Å². The molecule has 1 fully saturated rings. The minimum absolute atomic E-state index is 0. The average Bonchev–Trinajstić information content (AvgIpc) is 2.53. The number of carbonyl (C=O) groups excluding carboxylic acids is 1. The van der Waals surface area contributed by atoms with Gasteiger partial charge in [-0.1, -0.05) is 47.8 Å². The fourth-order valence-electron chi connectivity index (χ4n) is 3.02. The number of ether oxygens (including phenoxy) is 1. The summed E-state index contributed by atoms with van der Waals surface area (Å²) in [6.07, 6.45) is 5.24. The highest BCUT2D eigenvalue weighted by atomic mass is 79.9. The van der Waals surface area contributed by atoms with Crippen LogP contribution in [0.1, 0.15) is 45.1 Å². The normalized spacial score (nSPS) is 23.0. The topological polar surface area (TPSA) is 64.3 Å². The van der Waals surface area contributed by atoms with Gasteiger partial charge in [0.25, 0.3) is 0 Å². The summed E-state index contributed by atoms with van der Waals surface area (Å²) in [6, 6.07) is 7.51. The molecule has 0 spiro atoms. The number of amides is 1. The summed E-state index contributed by atoms with van der Waals surface area (Å²) in [4.78, 5) is 12.4. The number of rotatable bonds is 6. The number of nitrogens with two attached hydrogens (primary N) is 1. The van der Waals surface area contributed by atoms with E-state index in [0.717, 1.165) is 16.5 Å². The van der Waals surface area contributed by atoms with Gasteiger partial charge in [0, 0.05) is 11.0 Å². The van der Waals surface area contributed by atoms with Crippen LogP contribution in [-0.2, 0) is 15.1 Å². The van der Waals surface area contributed by atoms with Crippen molar-refractivity contribution in [2.75, 3.05) is 13.2 Å². The molecule has 2 rings (SSSR count). The van der Waals surface area contributed by atoms with Crippen LogP contribution in [-0.4, -0.2) is 25.2 Å². The Kier molecular flexibility index (Phi) is 8.71. The third kappa shape index (κ3) is 5.73. The highest BCUT2D eigenvalue weighted by Crippen LogP contribution is 2.26. The van der Waals surface area contributed by atoms with Crippen LogP contribution in [0.2, 0.25) is 0 Å². The highest BCUT2D eigenvalue weighted by Gasteiger charge is 2.30. The fourth-order valence-corrected chi connectivity index (χ4v) is 3.28. The second-order valence-electron chi connectivity index (χ2n) is 6.64. The first-order valence-electron chi connectivity index (χ1n) is 8.36. The van der Waals surface area contributed by atoms with Gasteiger partial charge in [-0.3, -0.25) is 4.79 Å². The average molecular weight is 420 g/mol. The summed E-state index contributed by atoms with van der Waals surface area (Å²) in [5.74, 6) is 0.433. The number of carbonyl (C=O) groups is 1. The van der Waals surface area contributed by atoms with E-state index in [1.165, 1.54) is 19.3 Å². The Balaban J connectivity index is 0.00000288. The van der Waals surface area contributed by atoms with Gasteiger partial charge >= 0.3 is 0 Å². The molecule has 0 saturated heterocycles. The minimum Gasteiger partial charge on any atom is -0.376 e. The SMILES string of the molecule is CC1CCCCC1OCCNC(=O)C(C)(N)c1ccc(Br)cc1.Cl. The van der Waals surface area contributed by atoms with Crippen LogP contribution in [0, 0.1) is 5.92 Å². The summed E-state index contributed by atoms with van der Waals surface area (Å²) in [6.45, 7) is 5.01. The number of benzene rings is 1. The lowest BCUT2D eigenvalue weighted by molar-refractivity contribution is -0.126. The zero-order valence-electron chi connectivity index (χ0n) is 14.4. The number of nitrogens with one attached hydrogen (secondary N) is 1. The quantitative estimate of drug-likeness (QED) is 0.690. The molecule has 1 saturated carbocycles. The lowest BCUT2D eigenvalue weighted by Gasteiger charge is -2.29. The van der Waals surface area contributed by atoms with Crippen molar-refractivity contribution in [3.8, 4) is 0 Å². The zero-order valence-corrected chi connectivity index (χ0v) is 16.8. The lowest BCUT2D eigenvalue weighted by Crippen LogP contribution is -2.49. The molecule has 0 aromatic heterocycles. The van der Waals surface area contributed by atoms with E-state index in [0.29, 0.717) is 25.2 Å². The molecule has 1 aromatic rings. The second kappa shape index (κ2) is 9.76. The monoisotopic (exact) mass is 418 g/mol. The van der Waals surface area contributed by atoms with Crippen molar-refractivity contribution in [3.63, 3.8) is 0 Å². The molecule has 4 nitrogen and oxygen atoms in total. The molecule has 1 aromatic carbocycles. The second-order valence-corrected chi connectivity index (χ2v) is 7.55. The molecular formula is C18H28BrClN2O2. The maximum Gasteiger partial charge on any atom is 0.244 e. The van der Waals surface area contributed by atoms with Crippen molar-refractivity contribution < 1.29 is 9.53 Å². The summed E-state index contributed by atoms with van der Waals surface area (Å²) in [7, 11) is 0. The largest absolute Gasteiger partial charge is 0.376 e. The molecule has 3 unspecified atom stereocenters. The Hall–Kier alpha value is -0.620. The van der Waals surface area contributed by atoms with Gasteiger partial charge in [-0.2, -0.15) is 0 Å². The van der Waals surface area contributed by atoms with E-state index in [-0.39, 0.29) is 18.3 Å². The third-order valence-electron chi connectivity index (χ3n) is 4.67. The molecule has 0 radical (unpaired) electrons. The van der Waals surface area contributed by atoms with Crippen molar-refractivity contribution in [1.82, 2.24) is 5.32 Å². The minimum atomic E-state index is -1.04. The smallest absolute Gasteiger partial charge is 0.244 e. The van der Waals surface area contributed by atoms with E-state index in [1.807, 2.05) is 24.3 Å². The molecule has 136 valence electrons. The first kappa shape index (κ1) is 21.4. The van der Waals surface area contributed by atoms with Gasteiger partial charge in [0.2, 0.25) is 5.91 Å². The zero-order chi connectivity index (χ0) is 16.9. The van der Waals surface area contributed by atoms with Crippen LogP contribution in [0.4, 0.5) is 0 Å². The maximum absolute atomic E-state index is 12.4. The molecular weight excluding hydrogens is 392 g/mol. The third-order valence-corrected chi connectivity index (χ3v) is 5.20. The number of hydrogen-bond donors (Lipinski definition) is 2. The van der Waals surface area contributed by atoms with Crippen molar-refractivity contribution in [3.05, 3.63) is 34.3 Å². The summed E-state index contributed by atoms with van der Waals surface area (Å²) < 4.78 is 6.88. The molecule has 3 atom stereocenters. The Bertz CT molecular complexity index is 522. The van der Waals surface area contributed by atoms with Crippen molar-refractivity contribution in [2.24, 2.45) is 11.7 Å². The van der Waals surface area contributed by atoms with E-state index in [2.05, 4.69) is 28.2 Å². The summed E-state index contributed by atoms with van der Waals surface area (Å²) >= 11 is 3.39. The molecule has 1 aliphatic rings. The Labute approximate surface area is 159 Å². The van der Waals surface area contributed by atoms with Gasteiger partial charge in [-0.05, 0) is 43.4 Å². The van der Waals surface area contributed by atoms with Gasteiger partial charge in [0.05, 0.1) is 12.7 Å². The fraction of sp³-hybridized carbons (Fsp3) is 0.611. The van der Waals surface area contributed by atoms with E-state index in [4.69, 9.17) is 10.5 Å². The van der Waals surface area contributed by atoms with Gasteiger partial charge in [0.15, 0.2) is 0 Å². The Morgan fingerprint density at radius 2 is 1.96 bits per heavy atom. The molecule has 24 heavy (non-hydrogen) atoms. The molecule has 3 N–H and O–H groups in total. The van der Waals surface area contributed by atoms with Crippen LogP contribution < -0.4 is 11.1 Å². The molecule has 1 aliphatic carbocycles. The summed E-state index contributed by atoms with van der Waals surface area (Å²) in [5.41, 5.74) is 5.96. The first-order chi connectivity index (χ1) is 10.9. The van der Waals surface area contributed by atoms with Crippen LogP contribution in [0.15, 0.2) is 28.7 Å². The van der Waals surface area contributed by atoms with E-state index >= 15 is 0 Å². The van der Waals surface area contributed by atoms with Gasteiger partial charge in [-0.25, -0.2) is 0 Å². The number of halogens is 2. The van der Waals surface area contributed by atoms with Crippen molar-refractivity contribution in [2.45, 2.75) is 51.2 Å². The summed E-state index contributed by atoms with van der Waals surface area (Å²) in [5, 5.41) is 2.89. The first-order valence-corrected chi connectivity index (χ1v) is 9.15. The lowest BCUT2D eigenvalue weighted by atomic mass is 9.88. The molecule has 0 aliphatic heterocycles. The standard InChI is InChI=1S/C18H27BrN2O2.ClH/c1-13-5-3-4-6-16(13)23-12-11-21-17(22)18(2,20)14-7-9-15(19)10-8-14;/h7-10,13,16H,3-6,11-12,20H2,1-2H3,(H,21,22);1H.